The van der Waals surface area contributed by atoms with Crippen molar-refractivity contribution in [1.29, 1.82) is 0 Å². The number of aliphatic carboxylic acids is 2. The molecule has 0 aliphatic heterocycles. The van der Waals surface area contributed by atoms with Crippen LogP contribution in [0.25, 0.3) is 0 Å². The molecule has 0 heterocycles. The molecular formula is C10H17N3O4. The molecule has 0 rings (SSSR count). The molecule has 0 saturated heterocycles. The van der Waals surface area contributed by atoms with Crippen molar-refractivity contribution in [2.75, 3.05) is 14.1 Å². The molecule has 0 aliphatic rings. The Balaban J connectivity index is 4.88. The van der Waals surface area contributed by atoms with E-state index in [-0.39, 0.29) is 12.8 Å². The first-order chi connectivity index (χ1) is 7.92. The largest absolute Gasteiger partial charge is 0.481 e. The van der Waals surface area contributed by atoms with Gasteiger partial charge < -0.3 is 20.8 Å². The molecule has 4 N–H and O–H groups in total. The van der Waals surface area contributed by atoms with Crippen LogP contribution in [0.5, 0.6) is 0 Å². The highest BCUT2D eigenvalue weighted by Gasteiger charge is 2.22. The van der Waals surface area contributed by atoms with Gasteiger partial charge in [-0.15, -0.1) is 0 Å². The Labute approximate surface area is 99.2 Å². The Morgan fingerprint density at radius 3 is 2.12 bits per heavy atom. The van der Waals surface area contributed by atoms with Crippen LogP contribution in [0.15, 0.2) is 16.9 Å². The number of carboxylic acids is 2. The van der Waals surface area contributed by atoms with E-state index in [4.69, 9.17) is 15.9 Å². The number of hydrogen-bond donors (Lipinski definition) is 3. The molecule has 0 amide bonds. The Morgan fingerprint density at radius 1 is 1.35 bits per heavy atom. The van der Waals surface area contributed by atoms with E-state index < -0.39 is 18.0 Å². The molecule has 0 fully saturated rings. The minimum Gasteiger partial charge on any atom is -0.481 e. The SMILES string of the molecule is CN=C/C(=C\N)N(C)C(CC(=O)O)CC(=O)O. The third kappa shape index (κ3) is 5.55. The zero-order valence-electron chi connectivity index (χ0n) is 9.83. The predicted molar refractivity (Wildman–Crippen MR) is 62.7 cm³/mol. The van der Waals surface area contributed by atoms with Crippen LogP contribution in [-0.4, -0.2) is 53.4 Å². The zero-order chi connectivity index (χ0) is 13.4. The number of carbonyl (C=O) groups is 2. The molecule has 0 unspecified atom stereocenters. The second-order valence-corrected chi connectivity index (χ2v) is 3.44. The molecule has 0 radical (unpaired) electrons. The molecule has 0 aliphatic carbocycles. The molecule has 96 valence electrons. The summed E-state index contributed by atoms with van der Waals surface area (Å²) < 4.78 is 0. The molecule has 7 heteroatoms. The van der Waals surface area contributed by atoms with Gasteiger partial charge in [-0.25, -0.2) is 0 Å². The zero-order valence-corrected chi connectivity index (χ0v) is 9.83. The van der Waals surface area contributed by atoms with Crippen LogP contribution in [0.4, 0.5) is 0 Å². The number of allylic oxidation sites excluding steroid dienone is 1. The Hall–Kier alpha value is -2.05. The fraction of sp³-hybridized carbons (Fsp3) is 0.500. The van der Waals surface area contributed by atoms with Crippen LogP contribution in [0.2, 0.25) is 0 Å². The summed E-state index contributed by atoms with van der Waals surface area (Å²) in [5.41, 5.74) is 5.84. The molecule has 0 aromatic carbocycles. The predicted octanol–water partition coefficient (Wildman–Crippen LogP) is -0.263. The summed E-state index contributed by atoms with van der Waals surface area (Å²) in [5.74, 6) is -2.12. The summed E-state index contributed by atoms with van der Waals surface area (Å²) in [5, 5.41) is 17.5. The van der Waals surface area contributed by atoms with Gasteiger partial charge in [0.25, 0.3) is 0 Å². The van der Waals surface area contributed by atoms with E-state index in [9.17, 15) is 9.59 Å². The number of aliphatic imine (C=N–C) groups is 1. The van der Waals surface area contributed by atoms with E-state index in [1.54, 1.807) is 14.1 Å². The van der Waals surface area contributed by atoms with Crippen molar-refractivity contribution in [1.82, 2.24) is 4.90 Å². The third-order valence-electron chi connectivity index (χ3n) is 2.21. The fourth-order valence-corrected chi connectivity index (χ4v) is 1.34. The van der Waals surface area contributed by atoms with Gasteiger partial charge in [-0.2, -0.15) is 0 Å². The lowest BCUT2D eigenvalue weighted by molar-refractivity contribution is -0.140. The minimum absolute atomic E-state index is 0.280. The fourth-order valence-electron chi connectivity index (χ4n) is 1.34. The number of nitrogens with zero attached hydrogens (tertiary/aromatic N) is 2. The maximum atomic E-state index is 10.7. The van der Waals surface area contributed by atoms with Crippen molar-refractivity contribution in [2.45, 2.75) is 18.9 Å². The van der Waals surface area contributed by atoms with Gasteiger partial charge in [0, 0.05) is 32.6 Å². The van der Waals surface area contributed by atoms with E-state index in [1.807, 2.05) is 0 Å². The molecule has 0 saturated carbocycles. The molecule has 0 spiro atoms. The van der Waals surface area contributed by atoms with E-state index in [0.29, 0.717) is 5.70 Å². The maximum Gasteiger partial charge on any atom is 0.305 e. The van der Waals surface area contributed by atoms with Crippen molar-refractivity contribution in [3.63, 3.8) is 0 Å². The normalized spacial score (nSPS) is 12.1. The Morgan fingerprint density at radius 2 is 1.82 bits per heavy atom. The van der Waals surface area contributed by atoms with E-state index in [2.05, 4.69) is 4.99 Å². The van der Waals surface area contributed by atoms with Crippen molar-refractivity contribution < 1.29 is 19.8 Å². The van der Waals surface area contributed by atoms with Gasteiger partial charge in [0.05, 0.1) is 18.5 Å². The molecular weight excluding hydrogens is 226 g/mol. The molecule has 0 aromatic heterocycles. The van der Waals surface area contributed by atoms with Crippen molar-refractivity contribution in [2.24, 2.45) is 10.7 Å². The average Bonchev–Trinajstić information content (AvgIpc) is 2.22. The Bertz CT molecular complexity index is 322. The van der Waals surface area contributed by atoms with E-state index >= 15 is 0 Å². The summed E-state index contributed by atoms with van der Waals surface area (Å²) in [6.45, 7) is 0. The smallest absolute Gasteiger partial charge is 0.305 e. The lowest BCUT2D eigenvalue weighted by atomic mass is 10.1. The second-order valence-electron chi connectivity index (χ2n) is 3.44. The number of rotatable bonds is 7. The molecule has 0 bridgehead atoms. The minimum atomic E-state index is -1.06. The van der Waals surface area contributed by atoms with Gasteiger partial charge in [-0.3, -0.25) is 14.6 Å². The average molecular weight is 243 g/mol. The summed E-state index contributed by atoms with van der Waals surface area (Å²) >= 11 is 0. The highest BCUT2D eigenvalue weighted by Crippen LogP contribution is 2.12. The van der Waals surface area contributed by atoms with Gasteiger partial charge in [-0.1, -0.05) is 0 Å². The van der Waals surface area contributed by atoms with Gasteiger partial charge in [0.1, 0.15) is 0 Å². The van der Waals surface area contributed by atoms with Crippen LogP contribution >= 0.6 is 0 Å². The first-order valence-corrected chi connectivity index (χ1v) is 4.92. The van der Waals surface area contributed by atoms with Crippen LogP contribution in [0, 0.1) is 0 Å². The van der Waals surface area contributed by atoms with Crippen molar-refractivity contribution in [3.05, 3.63) is 11.9 Å². The Kier molecular flexibility index (Phi) is 6.39. The van der Waals surface area contributed by atoms with Crippen LogP contribution in [-0.2, 0) is 9.59 Å². The summed E-state index contributed by atoms with van der Waals surface area (Å²) in [7, 11) is 3.12. The van der Waals surface area contributed by atoms with Crippen LogP contribution in [0.1, 0.15) is 12.8 Å². The number of hydrogen-bond acceptors (Lipinski definition) is 5. The topological polar surface area (TPSA) is 116 Å². The monoisotopic (exact) mass is 243 g/mol. The molecule has 0 atom stereocenters. The first kappa shape index (κ1) is 14.9. The summed E-state index contributed by atoms with van der Waals surface area (Å²) in [6.07, 6.45) is 2.13. The standard InChI is InChI=1S/C10H17N3O4/c1-12-6-8(5-11)13(2)7(3-9(14)15)4-10(16)17/h5-7H,3-4,11H2,1-2H3,(H,14,15)(H,16,17)/b8-5+,12-6?. The van der Waals surface area contributed by atoms with Gasteiger partial charge >= 0.3 is 11.9 Å². The van der Waals surface area contributed by atoms with Crippen LogP contribution < -0.4 is 5.73 Å². The van der Waals surface area contributed by atoms with E-state index in [1.165, 1.54) is 17.3 Å². The van der Waals surface area contributed by atoms with Crippen molar-refractivity contribution >= 4 is 18.2 Å². The van der Waals surface area contributed by atoms with Gasteiger partial charge in [-0.05, 0) is 0 Å². The highest BCUT2D eigenvalue weighted by molar-refractivity contribution is 5.78. The van der Waals surface area contributed by atoms with Gasteiger partial charge in [0.2, 0.25) is 0 Å². The second kappa shape index (κ2) is 7.26. The molecule has 17 heavy (non-hydrogen) atoms. The van der Waals surface area contributed by atoms with Crippen molar-refractivity contribution in [3.8, 4) is 0 Å². The maximum absolute atomic E-state index is 10.7. The lowest BCUT2D eigenvalue weighted by Gasteiger charge is -2.28. The third-order valence-corrected chi connectivity index (χ3v) is 2.21. The van der Waals surface area contributed by atoms with Gasteiger partial charge in [0.15, 0.2) is 0 Å². The number of carboxylic acid groups (broad SMARTS) is 2. The molecule has 7 nitrogen and oxygen atoms in total. The van der Waals surface area contributed by atoms with Crippen LogP contribution in [0.3, 0.4) is 0 Å². The summed E-state index contributed by atoms with van der Waals surface area (Å²) in [6, 6.07) is -0.669. The van der Waals surface area contributed by atoms with E-state index in [0.717, 1.165) is 0 Å². The number of nitrogens with two attached hydrogens (primary N) is 1. The quantitative estimate of drug-likeness (QED) is 0.530. The highest BCUT2D eigenvalue weighted by atomic mass is 16.4. The summed E-state index contributed by atoms with van der Waals surface area (Å²) in [4.78, 5) is 26.6. The lowest BCUT2D eigenvalue weighted by Crippen LogP contribution is -2.36. The molecule has 0 aromatic rings. The first-order valence-electron chi connectivity index (χ1n) is 4.92.